The minimum absolute atomic E-state index is 0.176. The first-order valence-corrected chi connectivity index (χ1v) is 8.82. The zero-order valence-corrected chi connectivity index (χ0v) is 14.7. The summed E-state index contributed by atoms with van der Waals surface area (Å²) < 4.78 is 0. The van der Waals surface area contributed by atoms with Gasteiger partial charge in [-0.1, -0.05) is 91.0 Å². The Kier molecular flexibility index (Phi) is 4.45. The molecular formula is C24H19NO2. The summed E-state index contributed by atoms with van der Waals surface area (Å²) in [6.45, 7) is 0. The van der Waals surface area contributed by atoms with Gasteiger partial charge in [0.25, 0.3) is 0 Å². The van der Waals surface area contributed by atoms with Crippen LogP contribution in [-0.2, 0) is 5.60 Å². The Labute approximate surface area is 157 Å². The van der Waals surface area contributed by atoms with Crippen molar-refractivity contribution in [3.8, 4) is 11.3 Å². The van der Waals surface area contributed by atoms with E-state index in [9.17, 15) is 9.90 Å². The van der Waals surface area contributed by atoms with E-state index in [2.05, 4.69) is 4.98 Å². The maximum absolute atomic E-state index is 12.0. The number of pyridine rings is 1. The van der Waals surface area contributed by atoms with Crippen LogP contribution in [0.3, 0.4) is 0 Å². The number of benzene rings is 3. The second-order valence-electron chi connectivity index (χ2n) is 6.42. The molecule has 0 fully saturated rings. The van der Waals surface area contributed by atoms with E-state index in [0.29, 0.717) is 11.3 Å². The molecule has 0 aliphatic carbocycles. The number of aromatic amines is 1. The van der Waals surface area contributed by atoms with Crippen LogP contribution in [0.1, 0.15) is 16.7 Å². The summed E-state index contributed by atoms with van der Waals surface area (Å²) in [5, 5.41) is 12.0. The highest BCUT2D eigenvalue weighted by Gasteiger charge is 2.35. The lowest BCUT2D eigenvalue weighted by Gasteiger charge is -2.32. The molecule has 0 aliphatic heterocycles. The van der Waals surface area contributed by atoms with Crippen LogP contribution in [0.25, 0.3) is 11.3 Å². The molecule has 0 spiro atoms. The fourth-order valence-electron chi connectivity index (χ4n) is 3.47. The third-order valence-electron chi connectivity index (χ3n) is 4.76. The van der Waals surface area contributed by atoms with Crippen LogP contribution in [0.2, 0.25) is 0 Å². The Bertz CT molecular complexity index is 1060. The minimum atomic E-state index is -1.36. The van der Waals surface area contributed by atoms with Crippen molar-refractivity contribution in [2.75, 3.05) is 0 Å². The molecule has 3 heteroatoms. The van der Waals surface area contributed by atoms with E-state index in [-0.39, 0.29) is 5.56 Å². The Morgan fingerprint density at radius 2 is 1.19 bits per heavy atom. The monoisotopic (exact) mass is 353 g/mol. The van der Waals surface area contributed by atoms with Crippen molar-refractivity contribution in [2.24, 2.45) is 0 Å². The third-order valence-corrected chi connectivity index (χ3v) is 4.76. The van der Waals surface area contributed by atoms with Gasteiger partial charge in [-0.15, -0.1) is 0 Å². The Balaban J connectivity index is 2.02. The normalized spacial score (nSPS) is 11.3. The van der Waals surface area contributed by atoms with Gasteiger partial charge in [-0.05, 0) is 17.2 Å². The lowest BCUT2D eigenvalue weighted by atomic mass is 9.78. The zero-order chi connectivity index (χ0) is 18.7. The molecule has 1 aromatic heterocycles. The first kappa shape index (κ1) is 17.0. The summed E-state index contributed by atoms with van der Waals surface area (Å²) in [5.41, 5.74) is 2.17. The molecule has 1 heterocycles. The maximum Gasteiger partial charge on any atom is 0.248 e. The molecule has 3 nitrogen and oxygen atoms in total. The Morgan fingerprint density at radius 1 is 0.630 bits per heavy atom. The lowest BCUT2D eigenvalue weighted by Crippen LogP contribution is -2.29. The number of H-pyrrole nitrogens is 1. The molecule has 2 N–H and O–H groups in total. The highest BCUT2D eigenvalue weighted by molar-refractivity contribution is 5.68. The molecule has 0 aliphatic rings. The SMILES string of the molecule is O=c1cccc(-c2ccccc2C(O)(c2ccccc2)c2ccccc2)[nH]1. The van der Waals surface area contributed by atoms with Crippen molar-refractivity contribution in [2.45, 2.75) is 5.60 Å². The molecule has 4 aromatic rings. The van der Waals surface area contributed by atoms with Crippen molar-refractivity contribution < 1.29 is 5.11 Å². The predicted octanol–water partition coefficient (Wildman–Crippen LogP) is 4.33. The fraction of sp³-hybridized carbons (Fsp3) is 0.0417. The molecule has 3 aromatic carbocycles. The van der Waals surface area contributed by atoms with Crippen molar-refractivity contribution in [1.29, 1.82) is 0 Å². The summed E-state index contributed by atoms with van der Waals surface area (Å²) >= 11 is 0. The van der Waals surface area contributed by atoms with Crippen molar-refractivity contribution in [3.63, 3.8) is 0 Å². The van der Waals surface area contributed by atoms with Gasteiger partial charge in [0.15, 0.2) is 0 Å². The number of aliphatic hydroxyl groups is 1. The lowest BCUT2D eigenvalue weighted by molar-refractivity contribution is 0.126. The second kappa shape index (κ2) is 7.06. The first-order chi connectivity index (χ1) is 13.2. The summed E-state index contributed by atoms with van der Waals surface area (Å²) in [5.74, 6) is 0. The van der Waals surface area contributed by atoms with E-state index < -0.39 is 5.60 Å². The summed E-state index contributed by atoms with van der Waals surface area (Å²) in [4.78, 5) is 14.7. The molecular weight excluding hydrogens is 334 g/mol. The molecule has 4 rings (SSSR count). The van der Waals surface area contributed by atoms with Gasteiger partial charge in [-0.3, -0.25) is 4.79 Å². The van der Waals surface area contributed by atoms with Crippen molar-refractivity contribution in [3.05, 3.63) is 130 Å². The summed E-state index contributed by atoms with van der Waals surface area (Å²) in [7, 11) is 0. The minimum Gasteiger partial charge on any atom is -0.376 e. The smallest absolute Gasteiger partial charge is 0.248 e. The fourth-order valence-corrected chi connectivity index (χ4v) is 3.47. The van der Waals surface area contributed by atoms with Gasteiger partial charge in [0, 0.05) is 22.9 Å². The molecule has 0 bridgehead atoms. The van der Waals surface area contributed by atoms with Crippen LogP contribution in [0, 0.1) is 0 Å². The van der Waals surface area contributed by atoms with Crippen LogP contribution >= 0.6 is 0 Å². The number of nitrogens with one attached hydrogen (secondary N) is 1. The van der Waals surface area contributed by atoms with Gasteiger partial charge in [-0.25, -0.2) is 0 Å². The largest absolute Gasteiger partial charge is 0.376 e. The van der Waals surface area contributed by atoms with E-state index in [1.165, 1.54) is 6.07 Å². The van der Waals surface area contributed by atoms with Crippen LogP contribution in [0.4, 0.5) is 0 Å². The van der Waals surface area contributed by atoms with Crippen LogP contribution in [0.15, 0.2) is 108 Å². The number of aromatic nitrogens is 1. The standard InChI is InChI=1S/C24H19NO2/c26-23-17-9-16-22(25-23)20-14-7-8-15-21(20)24(27,18-10-3-1-4-11-18)19-12-5-2-6-13-19/h1-17,27H,(H,25,26). The molecule has 0 amide bonds. The average molecular weight is 353 g/mol. The number of hydrogen-bond acceptors (Lipinski definition) is 2. The topological polar surface area (TPSA) is 53.1 Å². The first-order valence-electron chi connectivity index (χ1n) is 8.82. The van der Waals surface area contributed by atoms with Gasteiger partial charge < -0.3 is 10.1 Å². The van der Waals surface area contributed by atoms with Crippen LogP contribution in [-0.4, -0.2) is 10.1 Å². The van der Waals surface area contributed by atoms with Crippen LogP contribution in [0.5, 0.6) is 0 Å². The molecule has 0 saturated carbocycles. The van der Waals surface area contributed by atoms with Gasteiger partial charge in [0.2, 0.25) is 5.56 Å². The summed E-state index contributed by atoms with van der Waals surface area (Å²) in [6, 6.07) is 31.8. The molecule has 132 valence electrons. The van der Waals surface area contributed by atoms with E-state index in [0.717, 1.165) is 16.7 Å². The van der Waals surface area contributed by atoms with E-state index in [1.807, 2.05) is 91.0 Å². The third kappa shape index (κ3) is 3.09. The highest BCUT2D eigenvalue weighted by Crippen LogP contribution is 2.40. The average Bonchev–Trinajstić information content (AvgIpc) is 2.74. The molecule has 0 unspecified atom stereocenters. The number of rotatable bonds is 4. The van der Waals surface area contributed by atoms with Gasteiger partial charge >= 0.3 is 0 Å². The van der Waals surface area contributed by atoms with Crippen molar-refractivity contribution in [1.82, 2.24) is 4.98 Å². The molecule has 0 atom stereocenters. The molecule has 0 saturated heterocycles. The molecule has 27 heavy (non-hydrogen) atoms. The van der Waals surface area contributed by atoms with Gasteiger partial charge in [-0.2, -0.15) is 0 Å². The zero-order valence-electron chi connectivity index (χ0n) is 14.7. The Morgan fingerprint density at radius 3 is 1.78 bits per heavy atom. The number of hydrogen-bond donors (Lipinski definition) is 2. The van der Waals surface area contributed by atoms with Crippen molar-refractivity contribution >= 4 is 0 Å². The quantitative estimate of drug-likeness (QED) is 0.537. The summed E-state index contributed by atoms with van der Waals surface area (Å²) in [6.07, 6.45) is 0. The van der Waals surface area contributed by atoms with E-state index >= 15 is 0 Å². The molecule has 0 radical (unpaired) electrons. The Hall–Kier alpha value is -3.43. The van der Waals surface area contributed by atoms with E-state index in [1.54, 1.807) is 6.07 Å². The highest BCUT2D eigenvalue weighted by atomic mass is 16.3. The van der Waals surface area contributed by atoms with Gasteiger partial charge in [0.1, 0.15) is 5.60 Å². The second-order valence-corrected chi connectivity index (χ2v) is 6.42. The maximum atomic E-state index is 12.0. The van der Waals surface area contributed by atoms with E-state index in [4.69, 9.17) is 0 Å². The van der Waals surface area contributed by atoms with Gasteiger partial charge in [0.05, 0.1) is 0 Å². The predicted molar refractivity (Wildman–Crippen MR) is 107 cm³/mol. The van der Waals surface area contributed by atoms with Crippen LogP contribution < -0.4 is 5.56 Å².